The second-order valence-corrected chi connectivity index (χ2v) is 7.79. The number of hydrogen-bond acceptors (Lipinski definition) is 5. The van der Waals surface area contributed by atoms with Crippen LogP contribution in [-0.4, -0.2) is 33.2 Å². The molecule has 4 rings (SSSR count). The number of hydrogen-bond donors (Lipinski definition) is 1. The van der Waals surface area contributed by atoms with Crippen LogP contribution in [0.3, 0.4) is 0 Å². The molecule has 122 valence electrons. The first-order valence-electron chi connectivity index (χ1n) is 7.36. The molecule has 1 N–H and O–H groups in total. The molecule has 2 aromatic heterocycles. The summed E-state index contributed by atoms with van der Waals surface area (Å²) in [6.45, 7) is 2.69. The van der Waals surface area contributed by atoms with E-state index in [9.17, 15) is 4.79 Å². The number of halogens is 1. The van der Waals surface area contributed by atoms with Gasteiger partial charge >= 0.3 is 0 Å². The van der Waals surface area contributed by atoms with Crippen molar-refractivity contribution in [2.45, 2.75) is 6.92 Å². The van der Waals surface area contributed by atoms with Crippen LogP contribution in [-0.2, 0) is 0 Å². The normalized spacial score (nSPS) is 14.2. The Morgan fingerprint density at radius 2 is 2.21 bits per heavy atom. The van der Waals surface area contributed by atoms with Crippen molar-refractivity contribution in [2.75, 3.05) is 12.3 Å². The van der Waals surface area contributed by atoms with Crippen molar-refractivity contribution in [2.24, 2.45) is 4.99 Å². The Labute approximate surface area is 151 Å². The molecule has 0 bridgehead atoms. The Bertz CT molecular complexity index is 976. The van der Waals surface area contributed by atoms with Gasteiger partial charge in [0, 0.05) is 11.1 Å². The number of aromatic nitrogens is 2. The lowest BCUT2D eigenvalue weighted by Gasteiger charge is -2.04. The number of thiophene rings is 1. The summed E-state index contributed by atoms with van der Waals surface area (Å²) in [6.07, 6.45) is 0. The third-order valence-corrected chi connectivity index (χ3v) is 5.98. The molecule has 8 heteroatoms. The van der Waals surface area contributed by atoms with Gasteiger partial charge in [-0.1, -0.05) is 35.5 Å². The molecule has 0 spiro atoms. The Morgan fingerprint density at radius 1 is 1.38 bits per heavy atom. The van der Waals surface area contributed by atoms with Crippen molar-refractivity contribution in [3.8, 4) is 5.69 Å². The zero-order valence-electron chi connectivity index (χ0n) is 12.7. The number of benzene rings is 1. The molecule has 1 aliphatic rings. The van der Waals surface area contributed by atoms with Crippen molar-refractivity contribution < 1.29 is 4.79 Å². The highest BCUT2D eigenvalue weighted by Crippen LogP contribution is 2.32. The molecule has 0 unspecified atom stereocenters. The number of amidine groups is 1. The number of nitrogens with one attached hydrogen (secondary N) is 1. The molecule has 0 saturated heterocycles. The van der Waals surface area contributed by atoms with Gasteiger partial charge in [0.05, 0.1) is 27.8 Å². The van der Waals surface area contributed by atoms with Crippen molar-refractivity contribution in [1.29, 1.82) is 0 Å². The molecule has 0 aliphatic carbocycles. The number of thioether (sulfide) groups is 1. The number of para-hydroxylation sites is 1. The lowest BCUT2D eigenvalue weighted by molar-refractivity contribution is 0.0982. The first-order valence-corrected chi connectivity index (χ1v) is 9.54. The minimum atomic E-state index is -0.130. The first kappa shape index (κ1) is 15.7. The molecule has 5 nitrogen and oxygen atoms in total. The summed E-state index contributed by atoms with van der Waals surface area (Å²) >= 11 is 9.27. The Hall–Kier alpha value is -1.83. The maximum Gasteiger partial charge on any atom is 0.267 e. The van der Waals surface area contributed by atoms with Crippen LogP contribution >= 0.6 is 34.7 Å². The maximum absolute atomic E-state index is 12.4. The van der Waals surface area contributed by atoms with Gasteiger partial charge in [-0.3, -0.25) is 9.79 Å². The largest absolute Gasteiger partial charge is 0.301 e. The van der Waals surface area contributed by atoms with Crippen molar-refractivity contribution >= 4 is 56.0 Å². The summed E-state index contributed by atoms with van der Waals surface area (Å²) in [5, 5.41) is 9.72. The molecule has 0 fully saturated rings. The second kappa shape index (κ2) is 6.23. The summed E-state index contributed by atoms with van der Waals surface area (Å²) in [7, 11) is 0. The number of carbonyl (C=O) groups excluding carboxylic acids is 1. The highest BCUT2D eigenvalue weighted by molar-refractivity contribution is 8.14. The summed E-state index contributed by atoms with van der Waals surface area (Å²) < 4.78 is 1.80. The summed E-state index contributed by atoms with van der Waals surface area (Å²) in [5.74, 6) is 0.789. The Balaban J connectivity index is 1.74. The predicted molar refractivity (Wildman–Crippen MR) is 101 cm³/mol. The van der Waals surface area contributed by atoms with E-state index in [1.807, 2.05) is 37.3 Å². The van der Waals surface area contributed by atoms with Crippen LogP contribution in [0.1, 0.15) is 15.4 Å². The molecule has 24 heavy (non-hydrogen) atoms. The summed E-state index contributed by atoms with van der Waals surface area (Å²) in [5.41, 5.74) is 1.68. The highest BCUT2D eigenvalue weighted by Gasteiger charge is 2.19. The minimum Gasteiger partial charge on any atom is -0.301 e. The van der Waals surface area contributed by atoms with Gasteiger partial charge in [-0.2, -0.15) is 5.10 Å². The Morgan fingerprint density at radius 3 is 2.96 bits per heavy atom. The van der Waals surface area contributed by atoms with Gasteiger partial charge in [0.2, 0.25) is 0 Å². The highest BCUT2D eigenvalue weighted by atomic mass is 35.5. The van der Waals surface area contributed by atoms with E-state index in [0.717, 1.165) is 33.9 Å². The third kappa shape index (κ3) is 2.72. The van der Waals surface area contributed by atoms with E-state index in [1.54, 1.807) is 16.4 Å². The van der Waals surface area contributed by atoms with Crippen LogP contribution in [0.25, 0.3) is 15.9 Å². The zero-order valence-corrected chi connectivity index (χ0v) is 15.1. The quantitative estimate of drug-likeness (QED) is 0.738. The molecule has 1 amide bonds. The van der Waals surface area contributed by atoms with E-state index < -0.39 is 0 Å². The fourth-order valence-corrected chi connectivity index (χ4v) is 4.53. The molecule has 3 heterocycles. The molecule has 0 saturated carbocycles. The molecule has 3 aromatic rings. The van der Waals surface area contributed by atoms with Gasteiger partial charge in [-0.25, -0.2) is 4.68 Å². The topological polar surface area (TPSA) is 59.3 Å². The van der Waals surface area contributed by atoms with Crippen LogP contribution in [0.5, 0.6) is 0 Å². The molecule has 1 aliphatic heterocycles. The predicted octanol–water partition coefficient (Wildman–Crippen LogP) is 3.88. The fourth-order valence-electron chi connectivity index (χ4n) is 2.52. The van der Waals surface area contributed by atoms with Gasteiger partial charge in [0.25, 0.3) is 5.91 Å². The molecular weight excluding hydrogens is 364 g/mol. The van der Waals surface area contributed by atoms with Gasteiger partial charge in [0.15, 0.2) is 5.17 Å². The molecular formula is C16H13ClN4OS2. The average Bonchev–Trinajstić information content (AvgIpc) is 3.27. The van der Waals surface area contributed by atoms with E-state index in [-0.39, 0.29) is 5.91 Å². The van der Waals surface area contributed by atoms with E-state index in [4.69, 9.17) is 11.6 Å². The number of aliphatic imine (C=N–C) groups is 1. The van der Waals surface area contributed by atoms with Gasteiger partial charge in [0.1, 0.15) is 4.83 Å². The minimum absolute atomic E-state index is 0.130. The van der Waals surface area contributed by atoms with Crippen molar-refractivity contribution in [3.63, 3.8) is 0 Å². The Kier molecular flexibility index (Phi) is 4.07. The van der Waals surface area contributed by atoms with Crippen LogP contribution in [0, 0.1) is 6.92 Å². The lowest BCUT2D eigenvalue weighted by Crippen LogP contribution is -2.26. The first-order chi connectivity index (χ1) is 11.6. The fraction of sp³-hybridized carbons (Fsp3) is 0.188. The van der Waals surface area contributed by atoms with Crippen molar-refractivity contribution in [1.82, 2.24) is 15.1 Å². The second-order valence-electron chi connectivity index (χ2n) is 5.27. The van der Waals surface area contributed by atoms with E-state index in [0.29, 0.717) is 15.1 Å². The van der Waals surface area contributed by atoms with Crippen molar-refractivity contribution in [3.05, 3.63) is 45.9 Å². The zero-order chi connectivity index (χ0) is 16.7. The number of amides is 1. The maximum atomic E-state index is 12.4. The van der Waals surface area contributed by atoms with Crippen LogP contribution in [0.15, 0.2) is 35.3 Å². The van der Waals surface area contributed by atoms with Gasteiger partial charge in [-0.05, 0) is 25.1 Å². The number of aryl methyl sites for hydroxylation is 1. The monoisotopic (exact) mass is 376 g/mol. The molecule has 1 aromatic carbocycles. The van der Waals surface area contributed by atoms with Gasteiger partial charge in [-0.15, -0.1) is 11.3 Å². The summed E-state index contributed by atoms with van der Waals surface area (Å²) in [6, 6.07) is 9.42. The van der Waals surface area contributed by atoms with Crippen LogP contribution < -0.4 is 5.32 Å². The standard InChI is InChI=1S/C16H13ClN4OS2/c1-9-10-8-13(14(22)19-16-18-6-7-23-16)24-15(10)21(20-9)12-5-3-2-4-11(12)17/h2-5,8H,6-7H2,1H3,(H,18,19,22). The number of carbonyl (C=O) groups is 1. The summed E-state index contributed by atoms with van der Waals surface area (Å²) in [4.78, 5) is 18.2. The van der Waals surface area contributed by atoms with E-state index in [1.165, 1.54) is 11.3 Å². The third-order valence-electron chi connectivity index (χ3n) is 3.66. The van der Waals surface area contributed by atoms with Crippen LogP contribution in [0.4, 0.5) is 0 Å². The molecule has 0 radical (unpaired) electrons. The smallest absolute Gasteiger partial charge is 0.267 e. The molecule has 0 atom stereocenters. The number of rotatable bonds is 2. The van der Waals surface area contributed by atoms with Crippen LogP contribution in [0.2, 0.25) is 5.02 Å². The average molecular weight is 377 g/mol. The lowest BCUT2D eigenvalue weighted by atomic mass is 10.3. The number of nitrogens with zero attached hydrogens (tertiary/aromatic N) is 3. The van der Waals surface area contributed by atoms with E-state index in [2.05, 4.69) is 15.4 Å². The van der Waals surface area contributed by atoms with Gasteiger partial charge < -0.3 is 5.32 Å². The number of fused-ring (bicyclic) bond motifs is 1. The SMILES string of the molecule is Cc1nn(-c2ccccc2Cl)c2sc(C(=O)NC3=NCCS3)cc12. The van der Waals surface area contributed by atoms with E-state index >= 15 is 0 Å².